The minimum absolute atomic E-state index is 0.316. The third kappa shape index (κ3) is 2.84. The van der Waals surface area contributed by atoms with E-state index < -0.39 is 0 Å². The van der Waals surface area contributed by atoms with Crippen molar-refractivity contribution < 1.29 is 4.74 Å². The van der Waals surface area contributed by atoms with Crippen LogP contribution < -0.4 is 10.2 Å². The van der Waals surface area contributed by atoms with Crippen LogP contribution in [0, 0.1) is 6.92 Å². The van der Waals surface area contributed by atoms with Crippen molar-refractivity contribution in [2.24, 2.45) is 0 Å². The van der Waals surface area contributed by atoms with Crippen molar-refractivity contribution in [3.05, 3.63) is 11.9 Å². The van der Waals surface area contributed by atoms with Crippen LogP contribution in [0.5, 0.6) is 0 Å². The number of anilines is 1. The summed E-state index contributed by atoms with van der Waals surface area (Å²) in [6, 6.07) is 0.832. The number of methoxy groups -OCH3 is 1. The quantitative estimate of drug-likeness (QED) is 0.874. The molecule has 2 rings (SSSR count). The van der Waals surface area contributed by atoms with E-state index >= 15 is 0 Å². The number of hydrogen-bond acceptors (Lipinski definition) is 4. The fourth-order valence-electron chi connectivity index (χ4n) is 2.50. The van der Waals surface area contributed by atoms with Gasteiger partial charge in [0.25, 0.3) is 0 Å². The van der Waals surface area contributed by atoms with E-state index in [1.54, 1.807) is 7.11 Å². The van der Waals surface area contributed by atoms with Gasteiger partial charge in [-0.2, -0.15) is 0 Å². The Hall–Kier alpha value is -1.07. The van der Waals surface area contributed by atoms with Crippen LogP contribution in [-0.4, -0.2) is 48.9 Å². The van der Waals surface area contributed by atoms with Crippen LogP contribution in [0.1, 0.15) is 25.6 Å². The van der Waals surface area contributed by atoms with Crippen molar-refractivity contribution in [2.75, 3.05) is 38.3 Å². The number of aryl methyl sites for hydroxylation is 1. The number of imidazole rings is 1. The normalized spacial score (nSPS) is 22.2. The maximum atomic E-state index is 5.25. The molecule has 0 aliphatic carbocycles. The lowest BCUT2D eigenvalue weighted by Gasteiger charge is -2.33. The number of rotatable bonds is 4. The van der Waals surface area contributed by atoms with Gasteiger partial charge in [-0.1, -0.05) is 0 Å². The van der Waals surface area contributed by atoms with E-state index in [1.807, 2.05) is 6.92 Å². The van der Waals surface area contributed by atoms with Gasteiger partial charge in [0.2, 0.25) is 5.95 Å². The van der Waals surface area contributed by atoms with Crippen molar-refractivity contribution >= 4 is 5.95 Å². The van der Waals surface area contributed by atoms with Gasteiger partial charge in [0.1, 0.15) is 0 Å². The third-order valence-electron chi connectivity index (χ3n) is 3.37. The third-order valence-corrected chi connectivity index (χ3v) is 3.37. The molecule has 0 aromatic carbocycles. The van der Waals surface area contributed by atoms with Gasteiger partial charge in [-0.15, -0.1) is 0 Å². The Bertz CT molecular complexity index is 390. The Morgan fingerprint density at radius 1 is 1.61 bits per heavy atom. The van der Waals surface area contributed by atoms with E-state index in [0.717, 1.165) is 31.3 Å². The molecule has 0 spiro atoms. The summed E-state index contributed by atoms with van der Waals surface area (Å²) in [4.78, 5) is 7.04. The molecular formula is C13H24N4O. The SMILES string of the molecule is COCC(C)n1cc(C)nc1N1CCN[C@@H](C)C1. The monoisotopic (exact) mass is 252 g/mol. The van der Waals surface area contributed by atoms with Crippen molar-refractivity contribution in [3.8, 4) is 0 Å². The Morgan fingerprint density at radius 2 is 2.39 bits per heavy atom. The highest BCUT2D eigenvalue weighted by Crippen LogP contribution is 2.21. The average Bonchev–Trinajstić information content (AvgIpc) is 2.72. The summed E-state index contributed by atoms with van der Waals surface area (Å²) in [5, 5.41) is 3.46. The van der Waals surface area contributed by atoms with Crippen LogP contribution in [0.25, 0.3) is 0 Å². The van der Waals surface area contributed by atoms with Gasteiger partial charge in [0.15, 0.2) is 0 Å². The van der Waals surface area contributed by atoms with E-state index in [0.29, 0.717) is 18.7 Å². The molecule has 5 nitrogen and oxygen atoms in total. The smallest absolute Gasteiger partial charge is 0.206 e. The Balaban J connectivity index is 2.20. The summed E-state index contributed by atoms with van der Waals surface area (Å²) < 4.78 is 7.48. The van der Waals surface area contributed by atoms with Gasteiger partial charge in [-0.25, -0.2) is 4.98 Å². The highest BCUT2D eigenvalue weighted by Gasteiger charge is 2.22. The maximum Gasteiger partial charge on any atom is 0.206 e. The van der Waals surface area contributed by atoms with Gasteiger partial charge in [0, 0.05) is 39.0 Å². The summed E-state index contributed by atoms with van der Waals surface area (Å²) in [5.74, 6) is 1.07. The summed E-state index contributed by atoms with van der Waals surface area (Å²) in [7, 11) is 1.74. The Labute approximate surface area is 109 Å². The maximum absolute atomic E-state index is 5.25. The summed E-state index contributed by atoms with van der Waals surface area (Å²) >= 11 is 0. The standard InChI is InChI=1S/C13H24N4O/c1-10-7-16(6-5-14-10)13-15-11(2)8-17(13)12(3)9-18-4/h8,10,12,14H,5-7,9H2,1-4H3/t10-,12?/m0/s1. The number of nitrogens with one attached hydrogen (secondary N) is 1. The summed E-state index contributed by atoms with van der Waals surface area (Å²) in [6.45, 7) is 10.2. The largest absolute Gasteiger partial charge is 0.383 e. The first-order chi connectivity index (χ1) is 8.61. The number of hydrogen-bond donors (Lipinski definition) is 1. The highest BCUT2D eigenvalue weighted by molar-refractivity contribution is 5.35. The zero-order valence-electron chi connectivity index (χ0n) is 11.8. The molecule has 1 N–H and O–H groups in total. The predicted molar refractivity (Wildman–Crippen MR) is 73.2 cm³/mol. The zero-order valence-corrected chi connectivity index (χ0v) is 11.8. The van der Waals surface area contributed by atoms with Crippen LogP contribution in [0.15, 0.2) is 6.20 Å². The van der Waals surface area contributed by atoms with Gasteiger partial charge in [-0.3, -0.25) is 0 Å². The molecule has 1 fully saturated rings. The van der Waals surface area contributed by atoms with Crippen molar-refractivity contribution in [3.63, 3.8) is 0 Å². The molecule has 1 saturated heterocycles. The molecule has 0 saturated carbocycles. The van der Waals surface area contributed by atoms with Crippen LogP contribution in [0.3, 0.4) is 0 Å². The topological polar surface area (TPSA) is 42.3 Å². The molecule has 2 heterocycles. The van der Waals surface area contributed by atoms with Crippen LogP contribution in [0.2, 0.25) is 0 Å². The molecule has 1 aromatic heterocycles. The number of ether oxygens (including phenoxy) is 1. The molecule has 0 bridgehead atoms. The molecule has 1 aliphatic heterocycles. The van der Waals surface area contributed by atoms with Gasteiger partial charge in [-0.05, 0) is 20.8 Å². The minimum atomic E-state index is 0.316. The van der Waals surface area contributed by atoms with E-state index in [4.69, 9.17) is 4.74 Å². The average molecular weight is 252 g/mol. The van der Waals surface area contributed by atoms with Gasteiger partial charge in [0.05, 0.1) is 18.3 Å². The predicted octanol–water partition coefficient (Wildman–Crippen LogP) is 1.20. The second-order valence-corrected chi connectivity index (χ2v) is 5.20. The van der Waals surface area contributed by atoms with Crippen LogP contribution in [-0.2, 0) is 4.74 Å². The van der Waals surface area contributed by atoms with E-state index in [-0.39, 0.29) is 0 Å². The molecule has 18 heavy (non-hydrogen) atoms. The second-order valence-electron chi connectivity index (χ2n) is 5.20. The fraction of sp³-hybridized carbons (Fsp3) is 0.769. The number of piperazine rings is 1. The molecule has 5 heteroatoms. The van der Waals surface area contributed by atoms with Crippen LogP contribution in [0.4, 0.5) is 5.95 Å². The second kappa shape index (κ2) is 5.71. The van der Waals surface area contributed by atoms with Crippen molar-refractivity contribution in [1.82, 2.24) is 14.9 Å². The molecule has 1 aromatic rings. The van der Waals surface area contributed by atoms with Crippen molar-refractivity contribution in [2.45, 2.75) is 32.9 Å². The summed E-state index contributed by atoms with van der Waals surface area (Å²) in [6.07, 6.45) is 2.12. The van der Waals surface area contributed by atoms with E-state index in [2.05, 4.69) is 39.8 Å². The first-order valence-corrected chi connectivity index (χ1v) is 6.64. The van der Waals surface area contributed by atoms with Crippen molar-refractivity contribution in [1.29, 1.82) is 0 Å². The summed E-state index contributed by atoms with van der Waals surface area (Å²) in [5.41, 5.74) is 1.07. The zero-order chi connectivity index (χ0) is 13.1. The number of nitrogens with zero attached hydrogens (tertiary/aromatic N) is 3. The van der Waals surface area contributed by atoms with Gasteiger partial charge >= 0.3 is 0 Å². The first kappa shape index (κ1) is 13.4. The Kier molecular flexibility index (Phi) is 4.24. The molecule has 0 amide bonds. The number of aromatic nitrogens is 2. The highest BCUT2D eigenvalue weighted by atomic mass is 16.5. The fourth-order valence-corrected chi connectivity index (χ4v) is 2.50. The lowest BCUT2D eigenvalue weighted by molar-refractivity contribution is 0.162. The molecular weight excluding hydrogens is 228 g/mol. The van der Waals surface area contributed by atoms with E-state index in [1.165, 1.54) is 0 Å². The Morgan fingerprint density at radius 3 is 3.06 bits per heavy atom. The lowest BCUT2D eigenvalue weighted by atomic mass is 10.2. The molecule has 0 radical (unpaired) electrons. The van der Waals surface area contributed by atoms with Gasteiger partial charge < -0.3 is 19.5 Å². The first-order valence-electron chi connectivity index (χ1n) is 6.64. The molecule has 2 atom stereocenters. The van der Waals surface area contributed by atoms with E-state index in [9.17, 15) is 0 Å². The minimum Gasteiger partial charge on any atom is -0.383 e. The molecule has 1 unspecified atom stereocenters. The lowest BCUT2D eigenvalue weighted by Crippen LogP contribution is -2.50. The molecule has 1 aliphatic rings. The molecule has 102 valence electrons. The van der Waals surface area contributed by atoms with Crippen LogP contribution >= 0.6 is 0 Å².